The molecule has 0 aromatic heterocycles. The van der Waals surface area contributed by atoms with Crippen molar-refractivity contribution in [3.63, 3.8) is 0 Å². The Morgan fingerprint density at radius 1 is 1.32 bits per heavy atom. The molecule has 0 radical (unpaired) electrons. The summed E-state index contributed by atoms with van der Waals surface area (Å²) in [5, 5.41) is 3.04. The van der Waals surface area contributed by atoms with E-state index in [0.29, 0.717) is 18.9 Å². The van der Waals surface area contributed by atoms with Crippen molar-refractivity contribution >= 4 is 11.7 Å². The summed E-state index contributed by atoms with van der Waals surface area (Å²) in [4.78, 5) is 23.7. The molecule has 108 valence electrons. The lowest BCUT2D eigenvalue weighted by molar-refractivity contribution is -0.148. The lowest BCUT2D eigenvalue weighted by Crippen LogP contribution is -2.55. The first-order chi connectivity index (χ1) is 8.93. The average molecular weight is 267 g/mol. The number of carbonyl (C=O) groups is 2. The Kier molecular flexibility index (Phi) is 4.29. The van der Waals surface area contributed by atoms with Gasteiger partial charge in [-0.05, 0) is 37.5 Å². The maximum atomic E-state index is 12.2. The van der Waals surface area contributed by atoms with Crippen LogP contribution in [0.15, 0.2) is 0 Å². The lowest BCUT2D eigenvalue weighted by atomic mass is 9.53. The summed E-state index contributed by atoms with van der Waals surface area (Å²) in [6.45, 7) is 7.98. The number of carbonyl (C=O) groups excluding carboxylic acids is 2. The number of Topliss-reactive ketones (excluding diaryl/α,β-unsaturated/α-hetero) is 1. The van der Waals surface area contributed by atoms with Crippen LogP contribution in [0.3, 0.4) is 0 Å². The van der Waals surface area contributed by atoms with Crippen LogP contribution < -0.4 is 5.32 Å². The van der Waals surface area contributed by atoms with E-state index in [1.54, 1.807) is 6.92 Å². The van der Waals surface area contributed by atoms with E-state index in [2.05, 4.69) is 5.32 Å². The van der Waals surface area contributed by atoms with Crippen LogP contribution in [0, 0.1) is 23.2 Å². The molecule has 0 spiro atoms. The standard InChI is InChI=1S/C15H25NO3/c1-10(17)12-7-13(15(12,2)3)14(18)16-8-11-5-4-6-19-9-11/h11-13H,4-9H2,1-3H3,(H,16,18)/t11?,12-,13+/m0/s1. The van der Waals surface area contributed by atoms with Gasteiger partial charge in [0.15, 0.2) is 0 Å². The summed E-state index contributed by atoms with van der Waals surface area (Å²) in [5.74, 6) is 0.777. The van der Waals surface area contributed by atoms with E-state index in [9.17, 15) is 9.59 Å². The van der Waals surface area contributed by atoms with E-state index in [4.69, 9.17) is 4.74 Å². The number of hydrogen-bond donors (Lipinski definition) is 1. The molecule has 1 saturated heterocycles. The van der Waals surface area contributed by atoms with Gasteiger partial charge in [-0.1, -0.05) is 13.8 Å². The van der Waals surface area contributed by atoms with Gasteiger partial charge in [0.1, 0.15) is 5.78 Å². The van der Waals surface area contributed by atoms with Gasteiger partial charge in [0.05, 0.1) is 6.61 Å². The summed E-state index contributed by atoms with van der Waals surface area (Å²) >= 11 is 0. The van der Waals surface area contributed by atoms with Gasteiger partial charge in [-0.15, -0.1) is 0 Å². The second-order valence-corrected chi connectivity index (χ2v) is 6.60. The quantitative estimate of drug-likeness (QED) is 0.844. The molecule has 0 aromatic carbocycles. The number of nitrogens with one attached hydrogen (secondary N) is 1. The van der Waals surface area contributed by atoms with Crippen LogP contribution in [0.1, 0.15) is 40.0 Å². The van der Waals surface area contributed by atoms with Gasteiger partial charge in [0.2, 0.25) is 5.91 Å². The lowest BCUT2D eigenvalue weighted by Gasteiger charge is -2.50. The number of ether oxygens (including phenoxy) is 1. The molecule has 4 nitrogen and oxygen atoms in total. The first-order valence-corrected chi connectivity index (χ1v) is 7.29. The van der Waals surface area contributed by atoms with E-state index in [-0.39, 0.29) is 28.9 Å². The van der Waals surface area contributed by atoms with Crippen LogP contribution in [0.5, 0.6) is 0 Å². The first kappa shape index (κ1) is 14.5. The third-order valence-corrected chi connectivity index (χ3v) is 4.89. The van der Waals surface area contributed by atoms with Gasteiger partial charge in [-0.3, -0.25) is 9.59 Å². The minimum absolute atomic E-state index is 0.0223. The largest absolute Gasteiger partial charge is 0.381 e. The van der Waals surface area contributed by atoms with Crippen LogP contribution in [-0.2, 0) is 14.3 Å². The molecule has 3 atom stereocenters. The van der Waals surface area contributed by atoms with Crippen LogP contribution >= 0.6 is 0 Å². The molecule has 2 fully saturated rings. The third kappa shape index (κ3) is 2.99. The Morgan fingerprint density at radius 3 is 2.58 bits per heavy atom. The summed E-state index contributed by atoms with van der Waals surface area (Å²) < 4.78 is 5.41. The molecule has 1 saturated carbocycles. The topological polar surface area (TPSA) is 55.4 Å². The van der Waals surface area contributed by atoms with E-state index in [1.807, 2.05) is 13.8 Å². The second-order valence-electron chi connectivity index (χ2n) is 6.60. The summed E-state index contributed by atoms with van der Waals surface area (Å²) in [5.41, 5.74) is -0.195. The molecule has 1 aliphatic heterocycles. The summed E-state index contributed by atoms with van der Waals surface area (Å²) in [6.07, 6.45) is 2.92. The van der Waals surface area contributed by atoms with Crippen molar-refractivity contribution in [1.82, 2.24) is 5.32 Å². The maximum Gasteiger partial charge on any atom is 0.223 e. The van der Waals surface area contributed by atoms with E-state index in [0.717, 1.165) is 26.1 Å². The molecule has 2 rings (SSSR count). The highest BCUT2D eigenvalue weighted by Crippen LogP contribution is 2.51. The smallest absolute Gasteiger partial charge is 0.223 e. The number of rotatable bonds is 4. The highest BCUT2D eigenvalue weighted by Gasteiger charge is 2.53. The fourth-order valence-electron chi connectivity index (χ4n) is 3.40. The van der Waals surface area contributed by atoms with Crippen molar-refractivity contribution in [3.05, 3.63) is 0 Å². The Balaban J connectivity index is 1.79. The highest BCUT2D eigenvalue weighted by molar-refractivity contribution is 5.87. The van der Waals surface area contributed by atoms with E-state index >= 15 is 0 Å². The zero-order valence-electron chi connectivity index (χ0n) is 12.2. The number of ketones is 1. The number of amides is 1. The van der Waals surface area contributed by atoms with E-state index in [1.165, 1.54) is 0 Å². The zero-order valence-corrected chi connectivity index (χ0v) is 12.2. The molecule has 19 heavy (non-hydrogen) atoms. The minimum Gasteiger partial charge on any atom is -0.381 e. The predicted molar refractivity (Wildman–Crippen MR) is 72.6 cm³/mol. The molecule has 4 heteroatoms. The van der Waals surface area contributed by atoms with Crippen molar-refractivity contribution in [3.8, 4) is 0 Å². The van der Waals surface area contributed by atoms with Crippen LogP contribution in [0.2, 0.25) is 0 Å². The van der Waals surface area contributed by atoms with Crippen LogP contribution in [0.4, 0.5) is 0 Å². The van der Waals surface area contributed by atoms with E-state index < -0.39 is 0 Å². The van der Waals surface area contributed by atoms with Gasteiger partial charge in [-0.2, -0.15) is 0 Å². The number of hydrogen-bond acceptors (Lipinski definition) is 3. The monoisotopic (exact) mass is 267 g/mol. The van der Waals surface area contributed by atoms with Crippen molar-refractivity contribution in [2.75, 3.05) is 19.8 Å². The van der Waals surface area contributed by atoms with Gasteiger partial charge in [0, 0.05) is 25.0 Å². The second kappa shape index (κ2) is 5.61. The first-order valence-electron chi connectivity index (χ1n) is 7.29. The fraction of sp³-hybridized carbons (Fsp3) is 0.867. The van der Waals surface area contributed by atoms with Crippen molar-refractivity contribution in [1.29, 1.82) is 0 Å². The third-order valence-electron chi connectivity index (χ3n) is 4.89. The maximum absolute atomic E-state index is 12.2. The molecule has 0 aromatic rings. The van der Waals surface area contributed by atoms with Gasteiger partial charge < -0.3 is 10.1 Å². The van der Waals surface area contributed by atoms with Crippen molar-refractivity contribution in [2.24, 2.45) is 23.2 Å². The predicted octanol–water partition coefficient (Wildman–Crippen LogP) is 1.78. The Labute approximate surface area is 115 Å². The fourth-order valence-corrected chi connectivity index (χ4v) is 3.40. The van der Waals surface area contributed by atoms with Crippen molar-refractivity contribution < 1.29 is 14.3 Å². The molecule has 1 unspecified atom stereocenters. The van der Waals surface area contributed by atoms with Gasteiger partial charge in [0.25, 0.3) is 0 Å². The normalized spacial score (nSPS) is 33.3. The Morgan fingerprint density at radius 2 is 2.05 bits per heavy atom. The molecule has 1 heterocycles. The molecule has 1 amide bonds. The average Bonchev–Trinajstić information content (AvgIpc) is 2.36. The molecule has 1 aliphatic carbocycles. The van der Waals surface area contributed by atoms with Crippen molar-refractivity contribution in [2.45, 2.75) is 40.0 Å². The molecular weight excluding hydrogens is 242 g/mol. The van der Waals surface area contributed by atoms with Crippen LogP contribution in [0.25, 0.3) is 0 Å². The summed E-state index contributed by atoms with van der Waals surface area (Å²) in [6, 6.07) is 0. The minimum atomic E-state index is -0.195. The molecule has 2 aliphatic rings. The molecular formula is C15H25NO3. The van der Waals surface area contributed by atoms with Crippen LogP contribution in [-0.4, -0.2) is 31.4 Å². The Hall–Kier alpha value is -0.900. The SMILES string of the molecule is CC(=O)[C@@H]1C[C@H](C(=O)NCC2CCCOC2)C1(C)C. The van der Waals surface area contributed by atoms with Gasteiger partial charge in [-0.25, -0.2) is 0 Å². The Bertz CT molecular complexity index is 358. The van der Waals surface area contributed by atoms with Gasteiger partial charge >= 0.3 is 0 Å². The highest BCUT2D eigenvalue weighted by atomic mass is 16.5. The zero-order chi connectivity index (χ0) is 14.0. The summed E-state index contributed by atoms with van der Waals surface area (Å²) in [7, 11) is 0. The molecule has 0 bridgehead atoms. The molecule has 1 N–H and O–H groups in total.